The van der Waals surface area contributed by atoms with E-state index in [1.165, 1.54) is 6.20 Å². The molecule has 0 atom stereocenters. The molecule has 1 N–H and O–H groups in total. The van der Waals surface area contributed by atoms with Gasteiger partial charge in [-0.25, -0.2) is 9.78 Å². The summed E-state index contributed by atoms with van der Waals surface area (Å²) in [4.78, 5) is 33.1. The van der Waals surface area contributed by atoms with E-state index in [0.717, 1.165) is 25.7 Å². The van der Waals surface area contributed by atoms with Gasteiger partial charge in [-0.2, -0.15) is 0 Å². The lowest BCUT2D eigenvalue weighted by molar-refractivity contribution is 0.0919. The number of oxazole rings is 1. The lowest BCUT2D eigenvalue weighted by Crippen LogP contribution is -2.38. The van der Waals surface area contributed by atoms with Gasteiger partial charge in [-0.05, 0) is 56.7 Å². The molecule has 7 nitrogen and oxygen atoms in total. The number of nitrogens with zero attached hydrogens (tertiary/aromatic N) is 3. The minimum Gasteiger partial charge on any atom is -0.406 e. The third kappa shape index (κ3) is 3.80. The Bertz CT molecular complexity index is 1070. The van der Waals surface area contributed by atoms with E-state index in [-0.39, 0.29) is 17.7 Å². The summed E-state index contributed by atoms with van der Waals surface area (Å²) in [5, 5.41) is 3.54. The average molecular weight is 401 g/mol. The summed E-state index contributed by atoms with van der Waals surface area (Å²) in [6.45, 7) is 2.38. The quantitative estimate of drug-likeness (QED) is 0.725. The largest absolute Gasteiger partial charge is 0.421 e. The molecular weight excluding hydrogens is 380 g/mol. The Kier molecular flexibility index (Phi) is 5.17. The first kappa shape index (κ1) is 18.7. The van der Waals surface area contributed by atoms with Gasteiger partial charge in [-0.3, -0.25) is 14.3 Å². The molecule has 146 valence electrons. The van der Waals surface area contributed by atoms with Crippen molar-refractivity contribution >= 4 is 28.7 Å². The van der Waals surface area contributed by atoms with Crippen LogP contribution >= 0.6 is 11.6 Å². The molecule has 0 aliphatic heterocycles. The molecule has 0 saturated heterocycles. The molecule has 3 aromatic heterocycles. The average Bonchev–Trinajstić information content (AvgIpc) is 3.00. The molecule has 0 spiro atoms. The molecule has 0 bridgehead atoms. The molecule has 8 heteroatoms. The number of halogens is 1. The van der Waals surface area contributed by atoms with Gasteiger partial charge in [0.1, 0.15) is 0 Å². The van der Waals surface area contributed by atoms with Crippen molar-refractivity contribution in [2.24, 2.45) is 5.92 Å². The summed E-state index contributed by atoms with van der Waals surface area (Å²) in [6, 6.07) is 5.26. The fourth-order valence-electron chi connectivity index (χ4n) is 3.81. The Labute approximate surface area is 166 Å². The van der Waals surface area contributed by atoms with Crippen LogP contribution in [0.1, 0.15) is 41.7 Å². The second kappa shape index (κ2) is 7.75. The molecule has 0 radical (unpaired) electrons. The van der Waals surface area contributed by atoms with Crippen LogP contribution in [0.5, 0.6) is 0 Å². The predicted molar refractivity (Wildman–Crippen MR) is 105 cm³/mol. The maximum Gasteiger partial charge on any atom is 0.421 e. The van der Waals surface area contributed by atoms with Crippen LogP contribution < -0.4 is 11.1 Å². The maximum absolute atomic E-state index is 12.5. The van der Waals surface area contributed by atoms with Crippen molar-refractivity contribution in [3.63, 3.8) is 0 Å². The molecule has 4 rings (SSSR count). The zero-order valence-electron chi connectivity index (χ0n) is 15.5. The zero-order valence-corrected chi connectivity index (χ0v) is 16.3. The fraction of sp³-hybridized carbons (Fsp3) is 0.400. The van der Waals surface area contributed by atoms with Crippen LogP contribution in [-0.2, 0) is 6.54 Å². The van der Waals surface area contributed by atoms with E-state index in [9.17, 15) is 9.59 Å². The summed E-state index contributed by atoms with van der Waals surface area (Å²) < 4.78 is 6.87. The SMILES string of the molecule is Cc1ncc(Cl)cc1C(=O)NC1CCC(Cn2c(=O)oc3cccnc32)CC1. The van der Waals surface area contributed by atoms with E-state index in [4.69, 9.17) is 16.0 Å². The van der Waals surface area contributed by atoms with Crippen LogP contribution in [-0.4, -0.2) is 26.5 Å². The van der Waals surface area contributed by atoms with Gasteiger partial charge in [-0.1, -0.05) is 11.6 Å². The normalized spacial score (nSPS) is 19.6. The van der Waals surface area contributed by atoms with E-state index in [1.54, 1.807) is 35.9 Å². The number of pyridine rings is 2. The van der Waals surface area contributed by atoms with Crippen molar-refractivity contribution in [3.05, 3.63) is 57.4 Å². The first-order chi connectivity index (χ1) is 13.5. The lowest BCUT2D eigenvalue weighted by atomic mass is 9.86. The van der Waals surface area contributed by atoms with Crippen molar-refractivity contribution in [1.29, 1.82) is 0 Å². The van der Waals surface area contributed by atoms with E-state index in [1.807, 2.05) is 0 Å². The maximum atomic E-state index is 12.5. The van der Waals surface area contributed by atoms with Crippen molar-refractivity contribution in [2.45, 2.75) is 45.2 Å². The van der Waals surface area contributed by atoms with Gasteiger partial charge in [0.05, 0.1) is 16.3 Å². The monoisotopic (exact) mass is 400 g/mol. The highest BCUT2D eigenvalue weighted by Crippen LogP contribution is 2.27. The summed E-state index contributed by atoms with van der Waals surface area (Å²) in [5.41, 5.74) is 2.28. The number of amides is 1. The Morgan fingerprint density at radius 1 is 1.32 bits per heavy atom. The Morgan fingerprint density at radius 2 is 2.11 bits per heavy atom. The molecule has 1 saturated carbocycles. The van der Waals surface area contributed by atoms with Crippen molar-refractivity contribution in [1.82, 2.24) is 19.9 Å². The molecule has 1 amide bonds. The van der Waals surface area contributed by atoms with Crippen molar-refractivity contribution < 1.29 is 9.21 Å². The van der Waals surface area contributed by atoms with Gasteiger partial charge in [0.2, 0.25) is 0 Å². The van der Waals surface area contributed by atoms with Gasteiger partial charge in [0.25, 0.3) is 5.91 Å². The van der Waals surface area contributed by atoms with Gasteiger partial charge < -0.3 is 9.73 Å². The fourth-order valence-corrected chi connectivity index (χ4v) is 3.97. The van der Waals surface area contributed by atoms with Crippen LogP contribution in [0.2, 0.25) is 5.02 Å². The molecule has 1 fully saturated rings. The first-order valence-electron chi connectivity index (χ1n) is 9.38. The molecule has 3 aromatic rings. The standard InChI is InChI=1S/C20H21ClN4O3/c1-12-16(9-14(21)10-23-12)19(26)24-15-6-4-13(5-7-15)11-25-18-17(28-20(25)27)3-2-8-22-18/h2-3,8-10,13,15H,4-7,11H2,1H3,(H,24,26). The summed E-state index contributed by atoms with van der Waals surface area (Å²) in [7, 11) is 0. The molecule has 1 aliphatic carbocycles. The van der Waals surface area contributed by atoms with E-state index >= 15 is 0 Å². The molecule has 1 aliphatic rings. The lowest BCUT2D eigenvalue weighted by Gasteiger charge is -2.29. The number of carbonyl (C=O) groups is 1. The third-order valence-electron chi connectivity index (χ3n) is 5.35. The number of fused-ring (bicyclic) bond motifs is 1. The second-order valence-electron chi connectivity index (χ2n) is 7.28. The van der Waals surface area contributed by atoms with Gasteiger partial charge in [0.15, 0.2) is 11.2 Å². The molecule has 0 unspecified atom stereocenters. The highest BCUT2D eigenvalue weighted by Gasteiger charge is 2.25. The number of carbonyl (C=O) groups excluding carboxylic acids is 1. The summed E-state index contributed by atoms with van der Waals surface area (Å²) in [6.07, 6.45) is 6.76. The zero-order chi connectivity index (χ0) is 19.7. The van der Waals surface area contributed by atoms with E-state index in [0.29, 0.717) is 40.0 Å². The van der Waals surface area contributed by atoms with Crippen LogP contribution in [0.15, 0.2) is 39.8 Å². The third-order valence-corrected chi connectivity index (χ3v) is 5.55. The van der Waals surface area contributed by atoms with E-state index in [2.05, 4.69) is 15.3 Å². The molecule has 28 heavy (non-hydrogen) atoms. The Hall–Kier alpha value is -2.67. The molecule has 0 aromatic carbocycles. The first-order valence-corrected chi connectivity index (χ1v) is 9.76. The Morgan fingerprint density at radius 3 is 2.89 bits per heavy atom. The van der Waals surface area contributed by atoms with Gasteiger partial charge in [0, 0.05) is 25.0 Å². The van der Waals surface area contributed by atoms with Crippen LogP contribution in [0.4, 0.5) is 0 Å². The predicted octanol–water partition coefficient (Wildman–Crippen LogP) is 3.34. The smallest absolute Gasteiger partial charge is 0.406 e. The molecular formula is C20H21ClN4O3. The highest BCUT2D eigenvalue weighted by molar-refractivity contribution is 6.30. The van der Waals surface area contributed by atoms with Crippen LogP contribution in [0, 0.1) is 12.8 Å². The number of aryl methyl sites for hydroxylation is 1. The topological polar surface area (TPSA) is 90.0 Å². The number of rotatable bonds is 4. The number of hydrogen-bond acceptors (Lipinski definition) is 5. The minimum absolute atomic E-state index is 0.109. The number of hydrogen-bond donors (Lipinski definition) is 1. The highest BCUT2D eigenvalue weighted by atomic mass is 35.5. The van der Waals surface area contributed by atoms with Crippen molar-refractivity contribution in [3.8, 4) is 0 Å². The van der Waals surface area contributed by atoms with Crippen LogP contribution in [0.25, 0.3) is 11.2 Å². The van der Waals surface area contributed by atoms with Crippen LogP contribution in [0.3, 0.4) is 0 Å². The van der Waals surface area contributed by atoms with Gasteiger partial charge >= 0.3 is 5.76 Å². The minimum atomic E-state index is -0.368. The van der Waals surface area contributed by atoms with Gasteiger partial charge in [-0.15, -0.1) is 0 Å². The van der Waals surface area contributed by atoms with E-state index < -0.39 is 0 Å². The Balaban J connectivity index is 1.37. The second-order valence-corrected chi connectivity index (χ2v) is 7.72. The van der Waals surface area contributed by atoms with Crippen molar-refractivity contribution in [2.75, 3.05) is 0 Å². The summed E-state index contributed by atoms with van der Waals surface area (Å²) >= 11 is 5.96. The molecule has 3 heterocycles. The summed E-state index contributed by atoms with van der Waals surface area (Å²) in [5.74, 6) is -0.159. The number of aromatic nitrogens is 3. The number of nitrogens with one attached hydrogen (secondary N) is 1.